The lowest BCUT2D eigenvalue weighted by molar-refractivity contribution is -0.167. The van der Waals surface area contributed by atoms with Gasteiger partial charge in [0.25, 0.3) is 5.72 Å². The van der Waals surface area contributed by atoms with E-state index in [-0.39, 0.29) is 59.2 Å². The molecule has 0 amide bonds. The van der Waals surface area contributed by atoms with Crippen LogP contribution in [0.25, 0.3) is 0 Å². The molecule has 0 saturated carbocycles. The van der Waals surface area contributed by atoms with E-state index in [0.29, 0.717) is 6.42 Å². The van der Waals surface area contributed by atoms with Crippen LogP contribution in [0, 0.1) is 16.2 Å². The van der Waals surface area contributed by atoms with Crippen LogP contribution >= 0.6 is 0 Å². The number of aliphatic carboxylic acids is 1. The lowest BCUT2D eigenvalue weighted by atomic mass is 9.99. The normalized spacial score (nSPS) is 14.1. The van der Waals surface area contributed by atoms with Gasteiger partial charge in [0.05, 0.1) is 19.8 Å². The molecule has 12 heteroatoms. The summed E-state index contributed by atoms with van der Waals surface area (Å²) in [5, 5.41) is 13.1. The molecule has 244 valence electrons. The molecule has 43 heavy (non-hydrogen) atoms. The van der Waals surface area contributed by atoms with Gasteiger partial charge in [-0.1, -0.05) is 75.3 Å². The number of hydrogen-bond acceptors (Lipinski definition) is 11. The van der Waals surface area contributed by atoms with Crippen molar-refractivity contribution in [1.82, 2.24) is 5.32 Å². The summed E-state index contributed by atoms with van der Waals surface area (Å²) >= 11 is 0. The van der Waals surface area contributed by atoms with Crippen LogP contribution in [-0.2, 0) is 30.2 Å². The highest BCUT2D eigenvalue weighted by molar-refractivity contribution is 5.80. The number of nitrogens with one attached hydrogen (secondary N) is 1. The predicted octanol–water partition coefficient (Wildman–Crippen LogP) is 6.72. The van der Waals surface area contributed by atoms with E-state index in [1.54, 1.807) is 6.92 Å². The Morgan fingerprint density at radius 3 is 1.60 bits per heavy atom. The summed E-state index contributed by atoms with van der Waals surface area (Å²) in [5.74, 6) is -1.88. The van der Waals surface area contributed by atoms with Crippen molar-refractivity contribution < 1.29 is 52.7 Å². The number of carboxylic acids is 1. The van der Waals surface area contributed by atoms with Crippen LogP contribution in [0.5, 0.6) is 11.5 Å². The maximum atomic E-state index is 12.6. The standard InChI is InChI=1S/C31H49NO11/c1-12-20(2)32-31(24(33)34,43-27(37)40-19-30(9,10)11)16-21-13-14-22(41-25(35)38-17-28(3,4)5)23(15-21)42-26(36)39-18-29(6,7)8/h13-15,20,32H,12,16-19H2,1-11H3,(H,33,34)/t20?,31-/m0/s1. The molecule has 1 rings (SSSR count). The molecule has 1 aromatic carbocycles. The highest BCUT2D eigenvalue weighted by atomic mass is 16.8. The van der Waals surface area contributed by atoms with Gasteiger partial charge in [-0.05, 0) is 47.3 Å². The summed E-state index contributed by atoms with van der Waals surface area (Å²) in [6.45, 7) is 20.4. The molecule has 2 N–H and O–H groups in total. The minimum atomic E-state index is -2.25. The molecule has 0 radical (unpaired) electrons. The van der Waals surface area contributed by atoms with Gasteiger partial charge in [-0.15, -0.1) is 0 Å². The van der Waals surface area contributed by atoms with E-state index in [2.05, 4.69) is 5.32 Å². The molecule has 0 saturated heterocycles. The molecule has 0 aliphatic rings. The van der Waals surface area contributed by atoms with E-state index < -0.39 is 36.6 Å². The van der Waals surface area contributed by atoms with Gasteiger partial charge in [-0.3, -0.25) is 5.32 Å². The van der Waals surface area contributed by atoms with Crippen molar-refractivity contribution in [2.24, 2.45) is 16.2 Å². The van der Waals surface area contributed by atoms with Crippen LogP contribution in [0.4, 0.5) is 14.4 Å². The molecule has 0 aliphatic heterocycles. The molecule has 2 atom stereocenters. The van der Waals surface area contributed by atoms with Crippen molar-refractivity contribution in [3.8, 4) is 11.5 Å². The van der Waals surface area contributed by atoms with Crippen molar-refractivity contribution in [2.75, 3.05) is 19.8 Å². The molecule has 12 nitrogen and oxygen atoms in total. The molecule has 0 heterocycles. The molecule has 0 fully saturated rings. The number of carbonyl (C=O) groups is 4. The number of ether oxygens (including phenoxy) is 6. The smallest absolute Gasteiger partial charge is 0.477 e. The van der Waals surface area contributed by atoms with E-state index in [4.69, 9.17) is 28.4 Å². The van der Waals surface area contributed by atoms with E-state index in [0.717, 1.165) is 0 Å². The Labute approximate surface area is 254 Å². The molecule has 1 unspecified atom stereocenters. The highest BCUT2D eigenvalue weighted by Gasteiger charge is 2.45. The molecule has 0 bridgehead atoms. The second-order valence-corrected chi connectivity index (χ2v) is 14.1. The fourth-order valence-corrected chi connectivity index (χ4v) is 3.15. The van der Waals surface area contributed by atoms with Gasteiger partial charge in [0.15, 0.2) is 11.5 Å². The summed E-state index contributed by atoms with van der Waals surface area (Å²) in [5.41, 5.74) is -3.04. The Balaban J connectivity index is 3.44. The van der Waals surface area contributed by atoms with Crippen molar-refractivity contribution >= 4 is 24.4 Å². The van der Waals surface area contributed by atoms with Gasteiger partial charge >= 0.3 is 24.4 Å². The molecule has 0 spiro atoms. The van der Waals surface area contributed by atoms with Gasteiger partial charge in [0.1, 0.15) is 0 Å². The minimum Gasteiger partial charge on any atom is -0.477 e. The van der Waals surface area contributed by atoms with E-state index >= 15 is 0 Å². The fourth-order valence-electron chi connectivity index (χ4n) is 3.15. The zero-order chi connectivity index (χ0) is 33.2. The van der Waals surface area contributed by atoms with E-state index in [1.807, 2.05) is 69.2 Å². The number of rotatable bonds is 12. The van der Waals surface area contributed by atoms with Crippen molar-refractivity contribution in [2.45, 2.75) is 101 Å². The zero-order valence-electron chi connectivity index (χ0n) is 27.4. The summed E-state index contributed by atoms with van der Waals surface area (Å²) in [6, 6.07) is 3.67. The zero-order valence-corrected chi connectivity index (χ0v) is 27.4. The SMILES string of the molecule is CCC(C)N[C@@](Cc1ccc(OC(=O)OCC(C)(C)C)c(OC(=O)OCC(C)(C)C)c1)(OC(=O)OCC(C)(C)C)C(=O)O. The maximum Gasteiger partial charge on any atom is 0.513 e. The Morgan fingerprint density at radius 2 is 1.19 bits per heavy atom. The van der Waals surface area contributed by atoms with Gasteiger partial charge in [-0.25, -0.2) is 19.2 Å². The van der Waals surface area contributed by atoms with Crippen LogP contribution in [0.3, 0.4) is 0 Å². The minimum absolute atomic E-state index is 0.00310. The molecular weight excluding hydrogens is 562 g/mol. The Bertz CT molecular complexity index is 1110. The lowest BCUT2D eigenvalue weighted by Gasteiger charge is -2.33. The Hall–Kier alpha value is -3.54. The van der Waals surface area contributed by atoms with Crippen molar-refractivity contribution in [1.29, 1.82) is 0 Å². The molecule has 1 aromatic rings. The first kappa shape index (κ1) is 37.5. The summed E-state index contributed by atoms with van der Waals surface area (Å²) in [4.78, 5) is 50.2. The van der Waals surface area contributed by atoms with Crippen molar-refractivity contribution in [3.63, 3.8) is 0 Å². The summed E-state index contributed by atoms with van der Waals surface area (Å²) in [6.07, 6.45) is -3.15. The van der Waals surface area contributed by atoms with Crippen molar-refractivity contribution in [3.05, 3.63) is 23.8 Å². The number of benzene rings is 1. The third-order valence-electron chi connectivity index (χ3n) is 5.41. The molecule has 0 aliphatic carbocycles. The van der Waals surface area contributed by atoms with Crippen LogP contribution < -0.4 is 14.8 Å². The Kier molecular flexibility index (Phi) is 13.3. The second-order valence-electron chi connectivity index (χ2n) is 14.1. The Morgan fingerprint density at radius 1 is 0.744 bits per heavy atom. The first-order chi connectivity index (χ1) is 19.5. The van der Waals surface area contributed by atoms with Crippen LogP contribution in [0.15, 0.2) is 18.2 Å². The van der Waals surface area contributed by atoms with Crippen LogP contribution in [0.1, 0.15) is 88.1 Å². The average molecular weight is 612 g/mol. The maximum absolute atomic E-state index is 12.6. The first-order valence-electron chi connectivity index (χ1n) is 14.2. The van der Waals surface area contributed by atoms with E-state index in [1.165, 1.54) is 18.2 Å². The number of hydrogen-bond donors (Lipinski definition) is 2. The highest BCUT2D eigenvalue weighted by Crippen LogP contribution is 2.32. The van der Waals surface area contributed by atoms with Gasteiger partial charge in [-0.2, -0.15) is 0 Å². The quantitative estimate of drug-likeness (QED) is 0.111. The molecular formula is C31H49NO11. The van der Waals surface area contributed by atoms with Gasteiger partial charge < -0.3 is 33.5 Å². The summed E-state index contributed by atoms with van der Waals surface area (Å²) in [7, 11) is 0. The lowest BCUT2D eigenvalue weighted by Crippen LogP contribution is -2.59. The topological polar surface area (TPSA) is 156 Å². The van der Waals surface area contributed by atoms with Crippen LogP contribution in [-0.4, -0.2) is 61.1 Å². The monoisotopic (exact) mass is 611 g/mol. The van der Waals surface area contributed by atoms with Gasteiger partial charge in [0, 0.05) is 12.5 Å². The number of carboxylic acid groups (broad SMARTS) is 1. The van der Waals surface area contributed by atoms with Crippen LogP contribution in [0.2, 0.25) is 0 Å². The molecule has 0 aromatic heterocycles. The van der Waals surface area contributed by atoms with E-state index in [9.17, 15) is 24.3 Å². The van der Waals surface area contributed by atoms with Gasteiger partial charge in [0.2, 0.25) is 0 Å². The fraction of sp³-hybridized carbons (Fsp3) is 0.677. The average Bonchev–Trinajstić information content (AvgIpc) is 2.85. The first-order valence-corrected chi connectivity index (χ1v) is 14.2. The third kappa shape index (κ3) is 15.0. The predicted molar refractivity (Wildman–Crippen MR) is 158 cm³/mol. The summed E-state index contributed by atoms with van der Waals surface area (Å²) < 4.78 is 31.6. The number of carbonyl (C=O) groups excluding carboxylic acids is 3. The second kappa shape index (κ2) is 15.3. The largest absolute Gasteiger partial charge is 0.513 e. The third-order valence-corrected chi connectivity index (χ3v) is 5.41.